The van der Waals surface area contributed by atoms with Crippen molar-refractivity contribution in [1.29, 1.82) is 0 Å². The maximum atomic E-state index is 13.8. The molecule has 1 unspecified atom stereocenters. The Labute approximate surface area is 208 Å². The first kappa shape index (κ1) is 22.7. The van der Waals surface area contributed by atoms with Crippen LogP contribution < -0.4 is 10.1 Å². The average Bonchev–Trinajstić information content (AvgIpc) is 3.37. The largest absolute Gasteiger partial charge is 0.497 e. The molecule has 6 nitrogen and oxygen atoms in total. The summed E-state index contributed by atoms with van der Waals surface area (Å²) in [4.78, 5) is 6.65. The Kier molecular flexibility index (Phi) is 6.29. The fourth-order valence-corrected chi connectivity index (χ4v) is 4.48. The number of ether oxygens (including phenoxy) is 1. The topological polar surface area (TPSA) is 63.4 Å². The van der Waals surface area contributed by atoms with Crippen LogP contribution in [0.2, 0.25) is 0 Å². The van der Waals surface area contributed by atoms with E-state index in [1.807, 2.05) is 54.3 Å². The predicted octanol–water partition coefficient (Wildman–Crippen LogP) is 5.75. The highest BCUT2D eigenvalue weighted by atomic mass is 32.1. The highest BCUT2D eigenvalue weighted by Crippen LogP contribution is 2.38. The van der Waals surface area contributed by atoms with Crippen LogP contribution in [-0.4, -0.2) is 27.3 Å². The lowest BCUT2D eigenvalue weighted by Gasteiger charge is -2.37. The van der Waals surface area contributed by atoms with Crippen LogP contribution in [0.4, 0.5) is 4.39 Å². The summed E-state index contributed by atoms with van der Waals surface area (Å²) in [5.41, 5.74) is 4.27. The van der Waals surface area contributed by atoms with E-state index in [9.17, 15) is 4.39 Å². The van der Waals surface area contributed by atoms with Crippen molar-refractivity contribution in [2.45, 2.75) is 19.5 Å². The summed E-state index contributed by atoms with van der Waals surface area (Å²) in [6, 6.07) is 23.6. The van der Waals surface area contributed by atoms with E-state index in [4.69, 9.17) is 21.5 Å². The monoisotopic (exact) mass is 486 g/mol. The Hall–Kier alpha value is -4.04. The minimum absolute atomic E-state index is 0.312. The summed E-state index contributed by atoms with van der Waals surface area (Å²) in [5, 5.41) is 8.17. The number of benzene rings is 3. The van der Waals surface area contributed by atoms with Crippen molar-refractivity contribution in [3.05, 3.63) is 107 Å². The zero-order valence-corrected chi connectivity index (χ0v) is 20.1. The van der Waals surface area contributed by atoms with Gasteiger partial charge in [0.1, 0.15) is 11.6 Å². The second-order valence-electron chi connectivity index (χ2n) is 8.16. The Bertz CT molecular complexity index is 1400. The molecule has 2 heterocycles. The first-order valence-corrected chi connectivity index (χ1v) is 11.5. The van der Waals surface area contributed by atoms with Gasteiger partial charge in [-0.15, -0.1) is 0 Å². The number of nitrogens with one attached hydrogen (secondary N) is 1. The number of hydrogen-bond acceptors (Lipinski definition) is 5. The average molecular weight is 487 g/mol. The summed E-state index contributed by atoms with van der Waals surface area (Å²) < 4.78 is 25.0. The van der Waals surface area contributed by atoms with Gasteiger partial charge in [-0.1, -0.05) is 59.8 Å². The van der Waals surface area contributed by atoms with E-state index < -0.39 is 0 Å². The number of halogens is 1. The molecule has 0 bridgehead atoms. The fourth-order valence-electron chi connectivity index (χ4n) is 4.16. The number of rotatable bonds is 6. The van der Waals surface area contributed by atoms with Crippen molar-refractivity contribution >= 4 is 22.9 Å². The minimum atomic E-state index is -0.364. The van der Waals surface area contributed by atoms with Crippen molar-refractivity contribution in [1.82, 2.24) is 20.4 Å². The van der Waals surface area contributed by atoms with Crippen molar-refractivity contribution < 1.29 is 13.7 Å². The number of hydrogen-bond donors (Lipinski definition) is 1. The molecule has 1 aliphatic heterocycles. The summed E-state index contributed by atoms with van der Waals surface area (Å²) in [6.45, 7) is 2.57. The highest BCUT2D eigenvalue weighted by Gasteiger charge is 2.34. The van der Waals surface area contributed by atoms with Crippen LogP contribution in [0.5, 0.6) is 5.75 Å². The van der Waals surface area contributed by atoms with Crippen molar-refractivity contribution in [3.8, 4) is 17.1 Å². The van der Waals surface area contributed by atoms with E-state index in [1.54, 1.807) is 19.2 Å². The van der Waals surface area contributed by atoms with E-state index in [2.05, 4.69) is 27.6 Å². The number of aromatic nitrogens is 2. The van der Waals surface area contributed by atoms with Crippen LogP contribution in [0, 0.1) is 5.82 Å². The van der Waals surface area contributed by atoms with Gasteiger partial charge >= 0.3 is 0 Å². The Morgan fingerprint density at radius 1 is 1.06 bits per heavy atom. The van der Waals surface area contributed by atoms with Crippen LogP contribution in [0.25, 0.3) is 17.0 Å². The zero-order chi connectivity index (χ0) is 24.4. The molecule has 0 amide bonds. The molecule has 1 aromatic heterocycles. The minimum Gasteiger partial charge on any atom is -0.497 e. The lowest BCUT2D eigenvalue weighted by molar-refractivity contribution is 0.395. The first-order chi connectivity index (χ1) is 17.0. The van der Waals surface area contributed by atoms with Gasteiger partial charge < -0.3 is 19.5 Å². The van der Waals surface area contributed by atoms with Crippen LogP contribution >= 0.6 is 12.2 Å². The molecular weight excluding hydrogens is 463 g/mol. The molecule has 3 aromatic carbocycles. The lowest BCUT2D eigenvalue weighted by atomic mass is 9.94. The Morgan fingerprint density at radius 2 is 1.86 bits per heavy atom. The van der Waals surface area contributed by atoms with E-state index in [-0.39, 0.29) is 11.9 Å². The van der Waals surface area contributed by atoms with Crippen molar-refractivity contribution in [3.63, 3.8) is 0 Å². The summed E-state index contributed by atoms with van der Waals surface area (Å²) in [6.07, 6.45) is 0. The van der Waals surface area contributed by atoms with Crippen LogP contribution in [0.1, 0.15) is 30.0 Å². The second-order valence-corrected chi connectivity index (χ2v) is 8.55. The van der Waals surface area contributed by atoms with Gasteiger partial charge in [0.05, 0.1) is 18.7 Å². The van der Waals surface area contributed by atoms with E-state index in [1.165, 1.54) is 12.1 Å². The fraction of sp³-hybridized carbons (Fsp3) is 0.148. The van der Waals surface area contributed by atoms with Gasteiger partial charge in [0.15, 0.2) is 5.11 Å². The van der Waals surface area contributed by atoms with E-state index in [0.717, 1.165) is 28.1 Å². The molecule has 1 N–H and O–H groups in total. The van der Waals surface area contributed by atoms with Crippen LogP contribution in [-0.2, 0) is 6.54 Å². The zero-order valence-electron chi connectivity index (χ0n) is 19.2. The molecule has 0 spiro atoms. The Balaban J connectivity index is 1.61. The SMILES string of the molecule is COc1cccc(C2NC(=S)N(Cc3ccccc3)C(C)=C2c2nc(-c3cccc(F)c3)no2)c1. The van der Waals surface area contributed by atoms with Crippen LogP contribution in [0.15, 0.2) is 89.1 Å². The summed E-state index contributed by atoms with van der Waals surface area (Å²) in [7, 11) is 1.63. The summed E-state index contributed by atoms with van der Waals surface area (Å²) >= 11 is 5.78. The normalized spacial score (nSPS) is 15.8. The van der Waals surface area contributed by atoms with Crippen LogP contribution in [0.3, 0.4) is 0 Å². The van der Waals surface area contributed by atoms with Gasteiger partial charge in [0.2, 0.25) is 5.82 Å². The molecule has 1 aliphatic rings. The molecule has 0 saturated carbocycles. The maximum absolute atomic E-state index is 13.8. The van der Waals surface area contributed by atoms with Crippen molar-refractivity contribution in [2.75, 3.05) is 7.11 Å². The van der Waals surface area contributed by atoms with Gasteiger partial charge in [0, 0.05) is 17.8 Å². The Morgan fingerprint density at radius 3 is 2.63 bits per heavy atom. The van der Waals surface area contributed by atoms with Gasteiger partial charge in [0.25, 0.3) is 5.89 Å². The maximum Gasteiger partial charge on any atom is 0.258 e. The number of methoxy groups -OCH3 is 1. The molecule has 0 saturated heterocycles. The standard InChI is InChI=1S/C27H23FN4O2S/c1-17-23(26-30-25(31-34-26)20-11-6-12-21(28)14-20)24(19-10-7-13-22(15-19)33-2)29-27(35)32(17)16-18-8-4-3-5-9-18/h3-15,24H,16H2,1-2H3,(H,29,35). The molecule has 1 atom stereocenters. The first-order valence-electron chi connectivity index (χ1n) is 11.1. The molecule has 176 valence electrons. The van der Waals surface area contributed by atoms with Crippen molar-refractivity contribution in [2.24, 2.45) is 0 Å². The highest BCUT2D eigenvalue weighted by molar-refractivity contribution is 7.80. The van der Waals surface area contributed by atoms with Gasteiger partial charge in [-0.25, -0.2) is 4.39 Å². The van der Waals surface area contributed by atoms with E-state index >= 15 is 0 Å². The predicted molar refractivity (Wildman–Crippen MR) is 136 cm³/mol. The second kappa shape index (κ2) is 9.68. The lowest BCUT2D eigenvalue weighted by Crippen LogP contribution is -2.45. The molecule has 0 aliphatic carbocycles. The number of thiocarbonyl (C=S) groups is 1. The molecule has 0 radical (unpaired) electrons. The quantitative estimate of drug-likeness (QED) is 0.348. The smallest absolute Gasteiger partial charge is 0.258 e. The van der Waals surface area contributed by atoms with Gasteiger partial charge in [-0.3, -0.25) is 0 Å². The molecule has 35 heavy (non-hydrogen) atoms. The molecule has 8 heteroatoms. The molecule has 0 fully saturated rings. The third-order valence-electron chi connectivity index (χ3n) is 5.95. The third kappa shape index (κ3) is 4.65. The third-order valence-corrected chi connectivity index (χ3v) is 6.28. The van der Waals surface area contributed by atoms with Gasteiger partial charge in [-0.05, 0) is 54.5 Å². The van der Waals surface area contributed by atoms with E-state index in [0.29, 0.717) is 28.9 Å². The number of allylic oxidation sites excluding steroid dienone is 1. The number of nitrogens with zero attached hydrogens (tertiary/aromatic N) is 3. The van der Waals surface area contributed by atoms with Gasteiger partial charge in [-0.2, -0.15) is 4.98 Å². The molecule has 4 aromatic rings. The molecular formula is C27H23FN4O2S. The molecule has 5 rings (SSSR count). The summed E-state index contributed by atoms with van der Waals surface area (Å²) in [5.74, 6) is 1.01.